The van der Waals surface area contributed by atoms with Gasteiger partial charge < -0.3 is 5.32 Å². The molecule has 0 aliphatic heterocycles. The molecule has 1 aliphatic carbocycles. The van der Waals surface area contributed by atoms with Crippen molar-refractivity contribution >= 4 is 0 Å². The zero-order chi connectivity index (χ0) is 15.5. The van der Waals surface area contributed by atoms with Gasteiger partial charge >= 0.3 is 0 Å². The van der Waals surface area contributed by atoms with E-state index in [9.17, 15) is 0 Å². The molecular formula is C19H32N2. The quantitative estimate of drug-likeness (QED) is 0.820. The molecule has 1 aromatic rings. The van der Waals surface area contributed by atoms with Gasteiger partial charge in [0.05, 0.1) is 0 Å². The van der Waals surface area contributed by atoms with Gasteiger partial charge in [0.15, 0.2) is 0 Å². The summed E-state index contributed by atoms with van der Waals surface area (Å²) in [6.45, 7) is 11.1. The fourth-order valence-electron chi connectivity index (χ4n) is 2.76. The molecule has 118 valence electrons. The number of benzene rings is 1. The molecule has 0 radical (unpaired) electrons. The van der Waals surface area contributed by atoms with Crippen LogP contribution in [0.4, 0.5) is 0 Å². The zero-order valence-electron chi connectivity index (χ0n) is 14.4. The Morgan fingerprint density at radius 2 is 1.71 bits per heavy atom. The van der Waals surface area contributed by atoms with Crippen LogP contribution in [-0.4, -0.2) is 30.1 Å². The SMILES string of the molecule is CC(C1CC1)N(C)Cc1ccc(CCNC(C)(C)C)cc1. The Morgan fingerprint density at radius 3 is 2.24 bits per heavy atom. The summed E-state index contributed by atoms with van der Waals surface area (Å²) >= 11 is 0. The van der Waals surface area contributed by atoms with Crippen LogP contribution in [0.3, 0.4) is 0 Å². The second-order valence-electron chi connectivity index (χ2n) is 7.74. The number of nitrogens with one attached hydrogen (secondary N) is 1. The molecule has 0 saturated heterocycles. The molecule has 21 heavy (non-hydrogen) atoms. The Morgan fingerprint density at radius 1 is 1.14 bits per heavy atom. The van der Waals surface area contributed by atoms with Gasteiger partial charge in [-0.3, -0.25) is 4.90 Å². The maximum absolute atomic E-state index is 3.54. The van der Waals surface area contributed by atoms with Crippen LogP contribution in [0, 0.1) is 5.92 Å². The highest BCUT2D eigenvalue weighted by molar-refractivity contribution is 5.23. The van der Waals surface area contributed by atoms with Crippen molar-refractivity contribution in [1.29, 1.82) is 0 Å². The van der Waals surface area contributed by atoms with Gasteiger partial charge in [-0.15, -0.1) is 0 Å². The van der Waals surface area contributed by atoms with E-state index in [0.29, 0.717) is 0 Å². The van der Waals surface area contributed by atoms with E-state index in [2.05, 4.69) is 69.2 Å². The van der Waals surface area contributed by atoms with Gasteiger partial charge in [-0.1, -0.05) is 24.3 Å². The molecule has 1 fully saturated rings. The molecule has 2 nitrogen and oxygen atoms in total. The Hall–Kier alpha value is -0.860. The van der Waals surface area contributed by atoms with Crippen LogP contribution in [0.25, 0.3) is 0 Å². The summed E-state index contributed by atoms with van der Waals surface area (Å²) in [4.78, 5) is 2.49. The summed E-state index contributed by atoms with van der Waals surface area (Å²) < 4.78 is 0. The van der Waals surface area contributed by atoms with Crippen LogP contribution >= 0.6 is 0 Å². The van der Waals surface area contributed by atoms with Crippen molar-refractivity contribution in [2.45, 2.75) is 65.1 Å². The Balaban J connectivity index is 1.78. The highest BCUT2D eigenvalue weighted by atomic mass is 15.1. The smallest absolute Gasteiger partial charge is 0.0233 e. The highest BCUT2D eigenvalue weighted by Gasteiger charge is 2.30. The van der Waals surface area contributed by atoms with Crippen LogP contribution in [0.1, 0.15) is 51.7 Å². The van der Waals surface area contributed by atoms with Crippen molar-refractivity contribution in [3.63, 3.8) is 0 Å². The van der Waals surface area contributed by atoms with E-state index in [0.717, 1.165) is 31.5 Å². The largest absolute Gasteiger partial charge is 0.312 e. The molecule has 1 aliphatic rings. The number of hydrogen-bond acceptors (Lipinski definition) is 2. The molecule has 1 aromatic carbocycles. The van der Waals surface area contributed by atoms with Crippen LogP contribution < -0.4 is 5.32 Å². The van der Waals surface area contributed by atoms with Gasteiger partial charge in [0.25, 0.3) is 0 Å². The van der Waals surface area contributed by atoms with Gasteiger partial charge in [-0.2, -0.15) is 0 Å². The maximum Gasteiger partial charge on any atom is 0.0233 e. The van der Waals surface area contributed by atoms with E-state index in [1.54, 1.807) is 0 Å². The van der Waals surface area contributed by atoms with Crippen LogP contribution in [0.2, 0.25) is 0 Å². The predicted octanol–water partition coefficient (Wildman–Crippen LogP) is 3.85. The third kappa shape index (κ3) is 5.80. The molecule has 0 heterocycles. The van der Waals surface area contributed by atoms with Crippen molar-refractivity contribution in [3.05, 3.63) is 35.4 Å². The lowest BCUT2D eigenvalue weighted by molar-refractivity contribution is 0.226. The summed E-state index contributed by atoms with van der Waals surface area (Å²) in [7, 11) is 2.25. The molecular weight excluding hydrogens is 256 g/mol. The second-order valence-corrected chi connectivity index (χ2v) is 7.74. The first kappa shape index (κ1) is 16.5. The Bertz CT molecular complexity index is 426. The van der Waals surface area contributed by atoms with Gasteiger partial charge in [0, 0.05) is 18.1 Å². The number of hydrogen-bond donors (Lipinski definition) is 1. The minimum atomic E-state index is 0.210. The minimum Gasteiger partial charge on any atom is -0.312 e. The number of nitrogens with zero attached hydrogens (tertiary/aromatic N) is 1. The molecule has 0 spiro atoms. The van der Waals surface area contributed by atoms with Crippen LogP contribution in [0.15, 0.2) is 24.3 Å². The van der Waals surface area contributed by atoms with E-state index in [1.165, 1.54) is 24.0 Å². The summed E-state index contributed by atoms with van der Waals surface area (Å²) in [5, 5.41) is 3.54. The summed E-state index contributed by atoms with van der Waals surface area (Å²) in [6, 6.07) is 9.89. The number of rotatable bonds is 7. The summed E-state index contributed by atoms with van der Waals surface area (Å²) in [5.74, 6) is 0.942. The van der Waals surface area contributed by atoms with Crippen LogP contribution in [0.5, 0.6) is 0 Å². The van der Waals surface area contributed by atoms with E-state index >= 15 is 0 Å². The lowest BCUT2D eigenvalue weighted by atomic mass is 10.1. The van der Waals surface area contributed by atoms with Gasteiger partial charge in [-0.25, -0.2) is 0 Å². The predicted molar refractivity (Wildman–Crippen MR) is 91.6 cm³/mol. The fourth-order valence-corrected chi connectivity index (χ4v) is 2.76. The molecule has 1 atom stereocenters. The van der Waals surface area contributed by atoms with Gasteiger partial charge in [0.2, 0.25) is 0 Å². The van der Waals surface area contributed by atoms with Crippen molar-refractivity contribution < 1.29 is 0 Å². The van der Waals surface area contributed by atoms with Gasteiger partial charge in [-0.05, 0) is 77.6 Å². The average molecular weight is 288 g/mol. The molecule has 2 rings (SSSR count). The first-order valence-corrected chi connectivity index (χ1v) is 8.38. The molecule has 0 bridgehead atoms. The van der Waals surface area contributed by atoms with Crippen molar-refractivity contribution in [3.8, 4) is 0 Å². The zero-order valence-corrected chi connectivity index (χ0v) is 14.4. The standard InChI is InChI=1S/C19H32N2/c1-15(18-10-11-18)21(5)14-17-8-6-16(7-9-17)12-13-20-19(2,3)4/h6-9,15,18,20H,10-14H2,1-5H3. The van der Waals surface area contributed by atoms with E-state index in [-0.39, 0.29) is 5.54 Å². The molecule has 1 unspecified atom stereocenters. The first-order chi connectivity index (χ1) is 9.85. The Labute approximate surface area is 130 Å². The lowest BCUT2D eigenvalue weighted by Gasteiger charge is -2.24. The van der Waals surface area contributed by atoms with Gasteiger partial charge in [0.1, 0.15) is 0 Å². The van der Waals surface area contributed by atoms with E-state index in [1.807, 2.05) is 0 Å². The highest BCUT2D eigenvalue weighted by Crippen LogP contribution is 2.35. The molecule has 0 aromatic heterocycles. The maximum atomic E-state index is 3.54. The third-order valence-corrected chi connectivity index (χ3v) is 4.52. The normalized spacial score (nSPS) is 17.2. The van der Waals surface area contributed by atoms with Crippen molar-refractivity contribution in [2.24, 2.45) is 5.92 Å². The van der Waals surface area contributed by atoms with Crippen molar-refractivity contribution in [1.82, 2.24) is 10.2 Å². The Kier molecular flexibility index (Phi) is 5.45. The van der Waals surface area contributed by atoms with Crippen molar-refractivity contribution in [2.75, 3.05) is 13.6 Å². The minimum absolute atomic E-state index is 0.210. The van der Waals surface area contributed by atoms with E-state index < -0.39 is 0 Å². The molecule has 2 heteroatoms. The molecule has 0 amide bonds. The lowest BCUT2D eigenvalue weighted by Crippen LogP contribution is -2.37. The van der Waals surface area contributed by atoms with E-state index in [4.69, 9.17) is 0 Å². The summed E-state index contributed by atoms with van der Waals surface area (Å²) in [5.41, 5.74) is 3.06. The third-order valence-electron chi connectivity index (χ3n) is 4.52. The average Bonchev–Trinajstić information content (AvgIpc) is 3.23. The second kappa shape index (κ2) is 6.93. The molecule has 1 N–H and O–H groups in total. The molecule has 1 saturated carbocycles. The summed E-state index contributed by atoms with van der Waals surface area (Å²) in [6.07, 6.45) is 3.95. The fraction of sp³-hybridized carbons (Fsp3) is 0.684. The monoisotopic (exact) mass is 288 g/mol. The topological polar surface area (TPSA) is 15.3 Å². The first-order valence-electron chi connectivity index (χ1n) is 8.38. The van der Waals surface area contributed by atoms with Crippen LogP contribution in [-0.2, 0) is 13.0 Å².